The van der Waals surface area contributed by atoms with Gasteiger partial charge in [0, 0.05) is 35.5 Å². The van der Waals surface area contributed by atoms with Crippen molar-refractivity contribution in [3.05, 3.63) is 40.5 Å². The van der Waals surface area contributed by atoms with Crippen molar-refractivity contribution in [3.8, 4) is 5.75 Å². The minimum atomic E-state index is -0.266. The molecule has 0 saturated carbocycles. The molecule has 2 amide bonds. The van der Waals surface area contributed by atoms with E-state index in [-0.39, 0.29) is 28.7 Å². The molecule has 3 rings (SSSR count). The van der Waals surface area contributed by atoms with Crippen LogP contribution in [-0.2, 0) is 15.7 Å². The monoisotopic (exact) mass is 474 g/mol. The first-order valence-corrected chi connectivity index (χ1v) is 11.7. The van der Waals surface area contributed by atoms with E-state index in [4.69, 9.17) is 21.4 Å². The maximum Gasteiger partial charge on any atom is 0.257 e. The zero-order valence-corrected chi connectivity index (χ0v) is 21.4. The standard InChI is InChI=1S/C25H35ClN4O3/c1-24(2,3)20-15-21(30(28-20)25(4,5)6)27-22(31)16-10-12-29(13-11-16)23(32)18-14-17(26)8-9-19(18)33-7/h8-9,14-16H,10-13H2,1-7H3,(H,27,31). The number of halogens is 1. The summed E-state index contributed by atoms with van der Waals surface area (Å²) in [6, 6.07) is 6.98. The molecule has 180 valence electrons. The maximum atomic E-state index is 13.1. The summed E-state index contributed by atoms with van der Waals surface area (Å²) in [5.74, 6) is 0.868. The summed E-state index contributed by atoms with van der Waals surface area (Å²) in [6.07, 6.45) is 1.19. The van der Waals surface area contributed by atoms with Crippen LogP contribution in [0.4, 0.5) is 5.82 Å². The number of ether oxygens (including phenoxy) is 1. The van der Waals surface area contributed by atoms with Crippen molar-refractivity contribution in [2.45, 2.75) is 65.3 Å². The van der Waals surface area contributed by atoms with Gasteiger partial charge in [0.1, 0.15) is 11.6 Å². The first kappa shape index (κ1) is 25.1. The van der Waals surface area contributed by atoms with Gasteiger partial charge in [-0.25, -0.2) is 4.68 Å². The van der Waals surface area contributed by atoms with Crippen molar-refractivity contribution in [2.75, 3.05) is 25.5 Å². The highest BCUT2D eigenvalue weighted by molar-refractivity contribution is 6.31. The molecular weight excluding hydrogens is 440 g/mol. The zero-order valence-electron chi connectivity index (χ0n) is 20.7. The van der Waals surface area contributed by atoms with Crippen LogP contribution in [0, 0.1) is 5.92 Å². The van der Waals surface area contributed by atoms with Crippen LogP contribution in [0.1, 0.15) is 70.4 Å². The van der Waals surface area contributed by atoms with E-state index in [1.165, 1.54) is 7.11 Å². The van der Waals surface area contributed by atoms with E-state index in [1.54, 1.807) is 23.1 Å². The van der Waals surface area contributed by atoms with Gasteiger partial charge < -0.3 is 15.0 Å². The summed E-state index contributed by atoms with van der Waals surface area (Å²) in [6.45, 7) is 13.5. The number of amides is 2. The number of nitrogens with zero attached hydrogens (tertiary/aromatic N) is 3. The van der Waals surface area contributed by atoms with Crippen LogP contribution in [0.3, 0.4) is 0 Å². The number of methoxy groups -OCH3 is 1. The van der Waals surface area contributed by atoms with E-state index >= 15 is 0 Å². The Hall–Kier alpha value is -2.54. The number of rotatable bonds is 4. The summed E-state index contributed by atoms with van der Waals surface area (Å²) in [5, 5.41) is 8.36. The van der Waals surface area contributed by atoms with Gasteiger partial charge in [0.25, 0.3) is 5.91 Å². The van der Waals surface area contributed by atoms with Gasteiger partial charge in [0.2, 0.25) is 5.91 Å². The molecule has 7 nitrogen and oxygen atoms in total. The molecule has 0 aliphatic carbocycles. The van der Waals surface area contributed by atoms with Crippen molar-refractivity contribution >= 4 is 29.2 Å². The van der Waals surface area contributed by atoms with Gasteiger partial charge in [-0.3, -0.25) is 9.59 Å². The van der Waals surface area contributed by atoms with Gasteiger partial charge >= 0.3 is 0 Å². The summed E-state index contributed by atoms with van der Waals surface area (Å²) in [7, 11) is 1.53. The molecular formula is C25H35ClN4O3. The van der Waals surface area contributed by atoms with Crippen LogP contribution in [0.15, 0.2) is 24.3 Å². The number of likely N-dealkylation sites (tertiary alicyclic amines) is 1. The molecule has 0 spiro atoms. The molecule has 1 saturated heterocycles. The number of aromatic nitrogens is 2. The number of nitrogens with one attached hydrogen (secondary N) is 1. The van der Waals surface area contributed by atoms with E-state index < -0.39 is 0 Å². The van der Waals surface area contributed by atoms with Gasteiger partial charge in [0.05, 0.1) is 23.9 Å². The van der Waals surface area contributed by atoms with Crippen molar-refractivity contribution in [3.63, 3.8) is 0 Å². The predicted molar refractivity (Wildman–Crippen MR) is 131 cm³/mol. The third kappa shape index (κ3) is 5.69. The molecule has 1 N–H and O–H groups in total. The summed E-state index contributed by atoms with van der Waals surface area (Å²) >= 11 is 6.09. The highest BCUT2D eigenvalue weighted by Gasteiger charge is 2.31. The molecule has 1 fully saturated rings. The minimum Gasteiger partial charge on any atom is -0.496 e. The first-order valence-electron chi connectivity index (χ1n) is 11.4. The average Bonchev–Trinajstić information content (AvgIpc) is 3.18. The Morgan fingerprint density at radius 2 is 1.73 bits per heavy atom. The quantitative estimate of drug-likeness (QED) is 0.669. The largest absolute Gasteiger partial charge is 0.496 e. The third-order valence-electron chi connectivity index (χ3n) is 5.91. The molecule has 0 radical (unpaired) electrons. The smallest absolute Gasteiger partial charge is 0.257 e. The number of hydrogen-bond acceptors (Lipinski definition) is 4. The number of carbonyl (C=O) groups excluding carboxylic acids is 2. The van der Waals surface area contributed by atoms with Crippen LogP contribution in [-0.4, -0.2) is 46.7 Å². The fourth-order valence-corrected chi connectivity index (χ4v) is 4.11. The minimum absolute atomic E-state index is 0.0340. The molecule has 2 aromatic rings. The van der Waals surface area contributed by atoms with E-state index in [0.717, 1.165) is 5.69 Å². The topological polar surface area (TPSA) is 76.5 Å². The highest BCUT2D eigenvalue weighted by atomic mass is 35.5. The maximum absolute atomic E-state index is 13.1. The summed E-state index contributed by atoms with van der Waals surface area (Å²) in [4.78, 5) is 27.9. The molecule has 2 heterocycles. The number of anilines is 1. The van der Waals surface area contributed by atoms with Gasteiger partial charge in [-0.2, -0.15) is 5.10 Å². The van der Waals surface area contributed by atoms with E-state index in [0.29, 0.717) is 48.1 Å². The predicted octanol–water partition coefficient (Wildman–Crippen LogP) is 5.09. The molecule has 33 heavy (non-hydrogen) atoms. The van der Waals surface area contributed by atoms with Gasteiger partial charge in [-0.1, -0.05) is 32.4 Å². The molecule has 1 aliphatic heterocycles. The van der Waals surface area contributed by atoms with Crippen molar-refractivity contribution < 1.29 is 14.3 Å². The van der Waals surface area contributed by atoms with Gasteiger partial charge in [-0.15, -0.1) is 0 Å². The normalized spacial score (nSPS) is 15.5. The second-order valence-electron chi connectivity index (χ2n) is 10.6. The molecule has 8 heteroatoms. The van der Waals surface area contributed by atoms with Gasteiger partial charge in [0.15, 0.2) is 0 Å². The Morgan fingerprint density at radius 3 is 2.27 bits per heavy atom. The van der Waals surface area contributed by atoms with Gasteiger partial charge in [-0.05, 0) is 51.8 Å². The van der Waals surface area contributed by atoms with E-state index in [2.05, 4.69) is 46.9 Å². The van der Waals surface area contributed by atoms with E-state index in [1.807, 2.05) is 10.7 Å². The zero-order chi connectivity index (χ0) is 24.6. The summed E-state index contributed by atoms with van der Waals surface area (Å²) < 4.78 is 7.21. The Bertz CT molecular complexity index is 1030. The molecule has 1 aromatic heterocycles. The second kappa shape index (κ2) is 9.37. The second-order valence-corrected chi connectivity index (χ2v) is 11.1. The third-order valence-corrected chi connectivity index (χ3v) is 6.14. The fourth-order valence-electron chi connectivity index (χ4n) is 3.94. The van der Waals surface area contributed by atoms with Crippen molar-refractivity contribution in [1.29, 1.82) is 0 Å². The average molecular weight is 475 g/mol. The van der Waals surface area contributed by atoms with Crippen LogP contribution < -0.4 is 10.1 Å². The Labute approximate surface area is 201 Å². The highest BCUT2D eigenvalue weighted by Crippen LogP contribution is 2.30. The molecule has 1 aromatic carbocycles. The SMILES string of the molecule is COc1ccc(Cl)cc1C(=O)N1CCC(C(=O)Nc2cc(C(C)(C)C)nn2C(C)(C)C)CC1. The Morgan fingerprint density at radius 1 is 1.09 bits per heavy atom. The van der Waals surface area contributed by atoms with Crippen molar-refractivity contribution in [2.24, 2.45) is 5.92 Å². The lowest BCUT2D eigenvalue weighted by Gasteiger charge is -2.32. The van der Waals surface area contributed by atoms with Crippen LogP contribution in [0.5, 0.6) is 5.75 Å². The van der Waals surface area contributed by atoms with Crippen LogP contribution in [0.2, 0.25) is 5.02 Å². The lowest BCUT2D eigenvalue weighted by molar-refractivity contribution is -0.121. The fraction of sp³-hybridized carbons (Fsp3) is 0.560. The van der Waals surface area contributed by atoms with Crippen molar-refractivity contribution in [1.82, 2.24) is 14.7 Å². The molecule has 0 bridgehead atoms. The number of hydrogen-bond donors (Lipinski definition) is 1. The molecule has 0 atom stereocenters. The Kier molecular flexibility index (Phi) is 7.13. The molecule has 0 unspecified atom stereocenters. The lowest BCUT2D eigenvalue weighted by Crippen LogP contribution is -2.41. The number of benzene rings is 1. The number of piperidine rings is 1. The molecule has 1 aliphatic rings. The van der Waals surface area contributed by atoms with E-state index in [9.17, 15) is 9.59 Å². The summed E-state index contributed by atoms with van der Waals surface area (Å²) in [5.41, 5.74) is 0.987. The Balaban J connectivity index is 1.69. The first-order chi connectivity index (χ1) is 15.3. The van der Waals surface area contributed by atoms with Crippen LogP contribution in [0.25, 0.3) is 0 Å². The van der Waals surface area contributed by atoms with Crippen LogP contribution >= 0.6 is 11.6 Å². The lowest BCUT2D eigenvalue weighted by atomic mass is 9.92. The number of carbonyl (C=O) groups is 2.